The molecule has 0 N–H and O–H groups in total. The summed E-state index contributed by atoms with van der Waals surface area (Å²) in [5.74, 6) is 0. The smallest absolute Gasteiger partial charge is 0.137 e. The van der Waals surface area contributed by atoms with E-state index < -0.39 is 16.1 Å². The van der Waals surface area contributed by atoms with Gasteiger partial charge in [-0.15, -0.1) is 0 Å². The molecule has 0 aliphatic carbocycles. The van der Waals surface area contributed by atoms with Crippen molar-refractivity contribution >= 4 is 64.5 Å². The molecule has 0 spiro atoms. The molecule has 1 saturated heterocycles. The van der Waals surface area contributed by atoms with Gasteiger partial charge in [0.05, 0.1) is 13.2 Å². The van der Waals surface area contributed by atoms with E-state index in [1.54, 1.807) is 20.7 Å². The molecule has 2 aliphatic rings. The van der Waals surface area contributed by atoms with Crippen LogP contribution < -0.4 is 25.6 Å². The maximum absolute atomic E-state index is 6.51. The predicted molar refractivity (Wildman–Crippen MR) is 181 cm³/mol. The minimum atomic E-state index is -1.86. The lowest BCUT2D eigenvalue weighted by Crippen LogP contribution is -2.80. The van der Waals surface area contributed by atoms with E-state index in [2.05, 4.69) is 111 Å². The Labute approximate surface area is 246 Å². The first-order valence-corrected chi connectivity index (χ1v) is 20.5. The molecule has 0 saturated carbocycles. The predicted octanol–water partition coefficient (Wildman–Crippen LogP) is 6.61. The number of anilines is 1. The molecule has 0 unspecified atom stereocenters. The van der Waals surface area contributed by atoms with Gasteiger partial charge in [-0.25, -0.2) is 0 Å². The van der Waals surface area contributed by atoms with Crippen molar-refractivity contribution in [1.82, 2.24) is 0 Å². The zero-order valence-corrected chi connectivity index (χ0v) is 26.9. The van der Waals surface area contributed by atoms with Crippen molar-refractivity contribution in [3.63, 3.8) is 0 Å². The van der Waals surface area contributed by atoms with E-state index >= 15 is 0 Å². The van der Waals surface area contributed by atoms with Gasteiger partial charge in [-0.05, 0) is 35.4 Å². The summed E-state index contributed by atoms with van der Waals surface area (Å²) >= 11 is 0. The first kappa shape index (κ1) is 26.8. The highest BCUT2D eigenvalue weighted by molar-refractivity contribution is 7.17. The quantitative estimate of drug-likeness (QED) is 0.213. The van der Waals surface area contributed by atoms with E-state index in [9.17, 15) is 0 Å². The van der Waals surface area contributed by atoms with Crippen LogP contribution in [0.5, 0.6) is 0 Å². The van der Waals surface area contributed by atoms with Crippen LogP contribution in [0.2, 0.25) is 24.2 Å². The van der Waals surface area contributed by atoms with Gasteiger partial charge in [0.25, 0.3) is 0 Å². The molecule has 41 heavy (non-hydrogen) atoms. The number of furan rings is 1. The third-order valence-corrected chi connectivity index (χ3v) is 21.8. The van der Waals surface area contributed by atoms with Crippen LogP contribution in [0, 0.1) is 0 Å². The lowest BCUT2D eigenvalue weighted by Gasteiger charge is -2.55. The van der Waals surface area contributed by atoms with Gasteiger partial charge >= 0.3 is 0 Å². The van der Waals surface area contributed by atoms with Crippen LogP contribution >= 0.6 is 0 Å². The molecule has 3 nitrogen and oxygen atoms in total. The topological polar surface area (TPSA) is 25.6 Å². The van der Waals surface area contributed by atoms with Crippen LogP contribution in [0.25, 0.3) is 33.1 Å². The van der Waals surface area contributed by atoms with Crippen molar-refractivity contribution in [2.45, 2.75) is 51.9 Å². The van der Waals surface area contributed by atoms with Crippen molar-refractivity contribution < 1.29 is 9.15 Å². The molecule has 1 aromatic heterocycles. The molecule has 4 aromatic carbocycles. The number of benzene rings is 4. The van der Waals surface area contributed by atoms with Crippen molar-refractivity contribution in [1.29, 1.82) is 0 Å². The van der Waals surface area contributed by atoms with E-state index in [-0.39, 0.29) is 0 Å². The van der Waals surface area contributed by atoms with E-state index in [0.29, 0.717) is 0 Å². The van der Waals surface area contributed by atoms with Gasteiger partial charge in [-0.2, -0.15) is 22.5 Å². The van der Waals surface area contributed by atoms with E-state index in [0.717, 1.165) is 37.5 Å². The van der Waals surface area contributed by atoms with Crippen molar-refractivity contribution in [3.05, 3.63) is 78.9 Å². The Morgan fingerprint density at radius 3 is 2.05 bits per heavy atom. The Hall–Kier alpha value is -3.13. The first-order valence-electron chi connectivity index (χ1n) is 15.6. The second-order valence-electron chi connectivity index (χ2n) is 12.0. The highest BCUT2D eigenvalue weighted by atomic mass is 28.3. The van der Waals surface area contributed by atoms with Gasteiger partial charge in [0.15, 0.2) is 0 Å². The largest absolute Gasteiger partial charge is 0.456 e. The minimum absolute atomic E-state index is 0.786. The van der Waals surface area contributed by atoms with Gasteiger partial charge in [-0.3, -0.25) is 0 Å². The molecule has 2 aliphatic heterocycles. The van der Waals surface area contributed by atoms with Gasteiger partial charge in [-0.1, -0.05) is 107 Å². The van der Waals surface area contributed by atoms with E-state index in [1.807, 2.05) is 0 Å². The molecule has 0 atom stereocenters. The summed E-state index contributed by atoms with van der Waals surface area (Å²) in [5, 5.41) is 9.29. The number of nitrogens with zero attached hydrogens (tertiary/aromatic N) is 1. The molecule has 5 aromatic rings. The van der Waals surface area contributed by atoms with Crippen LogP contribution in [0.1, 0.15) is 27.7 Å². The van der Waals surface area contributed by atoms with Crippen LogP contribution in [0.3, 0.4) is 0 Å². The molecule has 3 heterocycles. The molecular formula is C36H41NO2Si2-. The third kappa shape index (κ3) is 3.93. The number of hydrogen-bond acceptors (Lipinski definition) is 3. The molecule has 211 valence electrons. The van der Waals surface area contributed by atoms with Crippen LogP contribution in [-0.2, 0) is 4.74 Å². The van der Waals surface area contributed by atoms with Gasteiger partial charge < -0.3 is 14.1 Å². The second-order valence-corrected chi connectivity index (χ2v) is 21.3. The van der Waals surface area contributed by atoms with Crippen LogP contribution in [-0.4, -0.2) is 42.5 Å². The number of rotatable bonds is 6. The fraction of sp³-hybridized carbons (Fsp3) is 0.333. The van der Waals surface area contributed by atoms with E-state index in [1.165, 1.54) is 51.8 Å². The maximum Gasteiger partial charge on any atom is 0.137 e. The zero-order chi connectivity index (χ0) is 28.2. The van der Waals surface area contributed by atoms with Crippen LogP contribution in [0.15, 0.2) is 83.3 Å². The zero-order valence-electron chi connectivity index (χ0n) is 24.9. The number of morpholine rings is 1. The fourth-order valence-electron chi connectivity index (χ4n) is 8.13. The monoisotopic (exact) mass is 575 g/mol. The fourth-order valence-corrected chi connectivity index (χ4v) is 19.7. The average Bonchev–Trinajstić information content (AvgIpc) is 3.41. The second kappa shape index (κ2) is 10.3. The van der Waals surface area contributed by atoms with Crippen LogP contribution in [0.4, 0.5) is 5.69 Å². The summed E-state index contributed by atoms with van der Waals surface area (Å²) in [5.41, 5.74) is 5.73. The lowest BCUT2D eigenvalue weighted by atomic mass is 10.0. The Morgan fingerprint density at radius 1 is 0.683 bits per heavy atom. The number of ether oxygens (including phenoxy) is 1. The molecule has 0 radical (unpaired) electrons. The summed E-state index contributed by atoms with van der Waals surface area (Å²) in [6, 6.07) is 35.7. The first-order chi connectivity index (χ1) is 20.1. The molecule has 0 bridgehead atoms. The van der Waals surface area contributed by atoms with E-state index in [4.69, 9.17) is 9.15 Å². The summed E-state index contributed by atoms with van der Waals surface area (Å²) in [4.78, 5) is 2.39. The summed E-state index contributed by atoms with van der Waals surface area (Å²) < 4.78 is 12.1. The van der Waals surface area contributed by atoms with Crippen molar-refractivity contribution in [2.75, 3.05) is 31.2 Å². The molecule has 5 heteroatoms. The minimum Gasteiger partial charge on any atom is -0.456 e. The third-order valence-electron chi connectivity index (χ3n) is 10.6. The van der Waals surface area contributed by atoms with Gasteiger partial charge in [0.2, 0.25) is 0 Å². The number of fused-ring (bicyclic) bond motifs is 5. The molecular weight excluding hydrogens is 535 g/mol. The Kier molecular flexibility index (Phi) is 6.72. The molecule has 7 rings (SSSR count). The normalized spacial score (nSPS) is 17.5. The maximum atomic E-state index is 6.51. The summed E-state index contributed by atoms with van der Waals surface area (Å²) in [7, 11) is -3.66. The Balaban J connectivity index is 1.36. The van der Waals surface area contributed by atoms with Crippen molar-refractivity contribution in [2.24, 2.45) is 0 Å². The average molecular weight is 576 g/mol. The molecule has 1 fully saturated rings. The lowest BCUT2D eigenvalue weighted by molar-refractivity contribution is 0.122. The summed E-state index contributed by atoms with van der Waals surface area (Å²) in [6.07, 6.45) is 0. The van der Waals surface area contributed by atoms with Gasteiger partial charge in [0, 0.05) is 35.6 Å². The number of hydrogen-bond donors (Lipinski definition) is 0. The Bertz CT molecular complexity index is 1740. The Morgan fingerprint density at radius 2 is 1.32 bits per heavy atom. The van der Waals surface area contributed by atoms with Gasteiger partial charge in [0.1, 0.15) is 19.2 Å². The van der Waals surface area contributed by atoms with Crippen molar-refractivity contribution in [3.8, 4) is 11.1 Å². The standard InChI is InChI=1S/C36H41NO2Si2/c1-5-40(6-2)33-11-9-10-12-34(33)41(7-3,8-4)36-24-27(14-18-35(36)40)26-13-16-29-30-17-15-28(37-19-21-38-22-20-37)25-32(30)39-31(29)23-26/h9-18,23-25H,5-8,19-22H2,1-4H3/q-1. The molecule has 0 amide bonds. The highest BCUT2D eigenvalue weighted by Gasteiger charge is 2.43. The SMILES string of the molecule is CC[Si]1(CC)c2ccccc2[Si-](CC)(CC)c2cc(-c3ccc4c(c3)oc3cc(N5CCOCC5)ccc34)ccc21. The summed E-state index contributed by atoms with van der Waals surface area (Å²) in [6.45, 7) is 13.2. The highest BCUT2D eigenvalue weighted by Crippen LogP contribution is 2.35.